The van der Waals surface area contributed by atoms with Crippen molar-refractivity contribution in [2.24, 2.45) is 7.05 Å². The van der Waals surface area contributed by atoms with Crippen LogP contribution in [-0.4, -0.2) is 45.2 Å². The van der Waals surface area contributed by atoms with Gasteiger partial charge in [-0.1, -0.05) is 6.58 Å². The standard InChI is InChI=1S/C19H22N4O3/c1-4-18(25)21(2)14-7-5-13(6-8-14)19(26)23-10-9-15-16(12-24)20-22(3)17(15)11-23/h4-8,24H,1,9-12H2,2-3H3. The zero-order valence-corrected chi connectivity index (χ0v) is 15.0. The van der Waals surface area contributed by atoms with E-state index in [9.17, 15) is 14.7 Å². The fourth-order valence-corrected chi connectivity index (χ4v) is 3.23. The SMILES string of the molecule is C=CC(=O)N(C)c1ccc(C(=O)N2CCc3c(CO)nn(C)c3C2)cc1. The Hall–Kier alpha value is -2.93. The number of carbonyl (C=O) groups excluding carboxylic acids is 2. The summed E-state index contributed by atoms with van der Waals surface area (Å²) in [5.74, 6) is -0.268. The van der Waals surface area contributed by atoms with Crippen LogP contribution >= 0.6 is 0 Å². The van der Waals surface area contributed by atoms with Crippen molar-refractivity contribution in [1.82, 2.24) is 14.7 Å². The van der Waals surface area contributed by atoms with Crippen molar-refractivity contribution in [3.8, 4) is 0 Å². The number of hydrogen-bond acceptors (Lipinski definition) is 4. The minimum absolute atomic E-state index is 0.0633. The third kappa shape index (κ3) is 3.13. The van der Waals surface area contributed by atoms with Gasteiger partial charge in [0.25, 0.3) is 5.91 Å². The third-order valence-corrected chi connectivity index (χ3v) is 4.77. The monoisotopic (exact) mass is 354 g/mol. The van der Waals surface area contributed by atoms with Gasteiger partial charge in [-0.15, -0.1) is 0 Å². The molecule has 1 aliphatic heterocycles. The summed E-state index contributed by atoms with van der Waals surface area (Å²) in [6.07, 6.45) is 1.93. The Bertz CT molecular complexity index is 854. The number of benzene rings is 1. The van der Waals surface area contributed by atoms with Gasteiger partial charge in [0, 0.05) is 37.5 Å². The van der Waals surface area contributed by atoms with Crippen LogP contribution in [0.5, 0.6) is 0 Å². The second kappa shape index (κ2) is 7.13. The molecule has 1 aliphatic rings. The molecule has 2 heterocycles. The molecule has 0 unspecified atom stereocenters. The number of carbonyl (C=O) groups is 2. The summed E-state index contributed by atoms with van der Waals surface area (Å²) < 4.78 is 1.74. The van der Waals surface area contributed by atoms with Crippen LogP contribution in [-0.2, 0) is 31.4 Å². The summed E-state index contributed by atoms with van der Waals surface area (Å²) in [6, 6.07) is 6.95. The number of anilines is 1. The molecule has 26 heavy (non-hydrogen) atoms. The lowest BCUT2D eigenvalue weighted by Crippen LogP contribution is -2.36. The van der Waals surface area contributed by atoms with Gasteiger partial charge in [-0.25, -0.2) is 0 Å². The zero-order chi connectivity index (χ0) is 18.8. The highest BCUT2D eigenvalue weighted by Gasteiger charge is 2.26. The molecule has 1 aromatic carbocycles. The molecular formula is C19H22N4O3. The number of aryl methyl sites for hydroxylation is 1. The normalized spacial score (nSPS) is 13.3. The largest absolute Gasteiger partial charge is 0.390 e. The molecule has 0 saturated heterocycles. The van der Waals surface area contributed by atoms with E-state index in [1.165, 1.54) is 11.0 Å². The highest BCUT2D eigenvalue weighted by atomic mass is 16.3. The van der Waals surface area contributed by atoms with Gasteiger partial charge >= 0.3 is 0 Å². The van der Waals surface area contributed by atoms with Gasteiger partial charge in [0.1, 0.15) is 0 Å². The quantitative estimate of drug-likeness (QED) is 0.839. The number of aliphatic hydroxyl groups excluding tert-OH is 1. The first-order valence-electron chi connectivity index (χ1n) is 8.40. The van der Waals surface area contributed by atoms with E-state index in [4.69, 9.17) is 0 Å². The fourth-order valence-electron chi connectivity index (χ4n) is 3.23. The maximum absolute atomic E-state index is 12.8. The van der Waals surface area contributed by atoms with Crippen molar-refractivity contribution in [2.45, 2.75) is 19.6 Å². The number of nitrogens with zero attached hydrogens (tertiary/aromatic N) is 4. The summed E-state index contributed by atoms with van der Waals surface area (Å²) in [4.78, 5) is 27.7. The molecule has 1 aromatic heterocycles. The third-order valence-electron chi connectivity index (χ3n) is 4.77. The molecule has 0 aliphatic carbocycles. The molecule has 0 radical (unpaired) electrons. The molecule has 1 N–H and O–H groups in total. The Morgan fingerprint density at radius 2 is 2.04 bits per heavy atom. The molecule has 7 heteroatoms. The van der Waals surface area contributed by atoms with E-state index in [2.05, 4.69) is 11.7 Å². The van der Waals surface area contributed by atoms with Crippen LogP contribution < -0.4 is 4.90 Å². The van der Waals surface area contributed by atoms with Crippen molar-refractivity contribution in [3.63, 3.8) is 0 Å². The first-order valence-corrected chi connectivity index (χ1v) is 8.40. The first-order chi connectivity index (χ1) is 12.5. The summed E-state index contributed by atoms with van der Waals surface area (Å²) in [6.45, 7) is 4.44. The number of likely N-dealkylation sites (N-methyl/N-ethyl adjacent to an activating group) is 1. The Morgan fingerprint density at radius 3 is 2.65 bits per heavy atom. The maximum atomic E-state index is 12.8. The van der Waals surface area contributed by atoms with Crippen molar-refractivity contribution in [1.29, 1.82) is 0 Å². The first kappa shape index (κ1) is 17.9. The average Bonchev–Trinajstić information content (AvgIpc) is 3.01. The van der Waals surface area contributed by atoms with Crippen molar-refractivity contribution >= 4 is 17.5 Å². The Balaban J connectivity index is 1.77. The van der Waals surface area contributed by atoms with Crippen molar-refractivity contribution < 1.29 is 14.7 Å². The van der Waals surface area contributed by atoms with Gasteiger partial charge < -0.3 is 14.9 Å². The van der Waals surface area contributed by atoms with Crippen LogP contribution in [0.4, 0.5) is 5.69 Å². The molecule has 3 rings (SSSR count). The second-order valence-electron chi connectivity index (χ2n) is 6.28. The van der Waals surface area contributed by atoms with Crippen LogP contribution in [0.3, 0.4) is 0 Å². The van der Waals surface area contributed by atoms with E-state index in [0.717, 1.165) is 11.3 Å². The van der Waals surface area contributed by atoms with E-state index in [0.29, 0.717) is 36.5 Å². The van der Waals surface area contributed by atoms with Gasteiger partial charge in [0.2, 0.25) is 5.91 Å². The van der Waals surface area contributed by atoms with Gasteiger partial charge in [0.05, 0.1) is 24.5 Å². The molecular weight excluding hydrogens is 332 g/mol. The number of aliphatic hydroxyl groups is 1. The van der Waals surface area contributed by atoms with Crippen molar-refractivity contribution in [2.75, 3.05) is 18.5 Å². The Labute approximate surface area is 152 Å². The maximum Gasteiger partial charge on any atom is 0.254 e. The van der Waals surface area contributed by atoms with Crippen molar-refractivity contribution in [3.05, 3.63) is 59.4 Å². The molecule has 0 saturated carbocycles. The molecule has 136 valence electrons. The van der Waals surface area contributed by atoms with Gasteiger partial charge in [-0.05, 0) is 36.8 Å². The lowest BCUT2D eigenvalue weighted by molar-refractivity contribution is -0.113. The van der Waals surface area contributed by atoms with Gasteiger partial charge in [-0.3, -0.25) is 14.3 Å². The lowest BCUT2D eigenvalue weighted by atomic mass is 10.0. The van der Waals surface area contributed by atoms with Crippen LogP contribution in [0, 0.1) is 0 Å². The second-order valence-corrected chi connectivity index (χ2v) is 6.28. The predicted octanol–water partition coefficient (Wildman–Crippen LogP) is 1.26. The Kier molecular flexibility index (Phi) is 4.90. The topological polar surface area (TPSA) is 78.7 Å². The van der Waals surface area contributed by atoms with Gasteiger partial charge in [0.15, 0.2) is 0 Å². The minimum atomic E-state index is -0.205. The van der Waals surface area contributed by atoms with Gasteiger partial charge in [-0.2, -0.15) is 5.10 Å². The van der Waals surface area contributed by atoms with E-state index in [1.807, 2.05) is 7.05 Å². The lowest BCUT2D eigenvalue weighted by Gasteiger charge is -2.28. The number of hydrogen-bond donors (Lipinski definition) is 1. The summed E-state index contributed by atoms with van der Waals surface area (Å²) in [5.41, 5.74) is 3.96. The summed E-state index contributed by atoms with van der Waals surface area (Å²) >= 11 is 0. The Morgan fingerprint density at radius 1 is 1.35 bits per heavy atom. The fraction of sp³-hybridized carbons (Fsp3) is 0.316. The van der Waals surface area contributed by atoms with E-state index in [-0.39, 0.29) is 18.4 Å². The van der Waals surface area contributed by atoms with Crippen LogP contribution in [0.25, 0.3) is 0 Å². The number of amides is 2. The predicted molar refractivity (Wildman–Crippen MR) is 97.6 cm³/mol. The molecule has 2 amide bonds. The molecule has 0 atom stereocenters. The number of fused-ring (bicyclic) bond motifs is 1. The summed E-state index contributed by atoms with van der Waals surface area (Å²) in [5, 5.41) is 13.7. The number of rotatable bonds is 4. The highest BCUT2D eigenvalue weighted by molar-refractivity contribution is 6.01. The summed E-state index contributed by atoms with van der Waals surface area (Å²) in [7, 11) is 3.49. The molecule has 7 nitrogen and oxygen atoms in total. The van der Waals surface area contributed by atoms with Crippen LogP contribution in [0.2, 0.25) is 0 Å². The average molecular weight is 354 g/mol. The van der Waals surface area contributed by atoms with Crippen LogP contribution in [0.15, 0.2) is 36.9 Å². The van der Waals surface area contributed by atoms with E-state index < -0.39 is 0 Å². The molecule has 0 spiro atoms. The smallest absolute Gasteiger partial charge is 0.254 e. The van der Waals surface area contributed by atoms with E-state index >= 15 is 0 Å². The zero-order valence-electron chi connectivity index (χ0n) is 15.0. The highest BCUT2D eigenvalue weighted by Crippen LogP contribution is 2.24. The minimum Gasteiger partial charge on any atom is -0.390 e. The molecule has 0 fully saturated rings. The molecule has 0 bridgehead atoms. The van der Waals surface area contributed by atoms with E-state index in [1.54, 1.807) is 40.9 Å². The van der Waals surface area contributed by atoms with Crippen LogP contribution in [0.1, 0.15) is 27.3 Å². The number of aromatic nitrogens is 2. The molecule has 2 aromatic rings.